The third kappa shape index (κ3) is 3.14. The largest absolute Gasteiger partial charge is 0.632 e. The van der Waals surface area contributed by atoms with Crippen molar-refractivity contribution in [3.8, 4) is 11.5 Å². The fourth-order valence-electron chi connectivity index (χ4n) is 7.85. The van der Waals surface area contributed by atoms with Crippen molar-refractivity contribution >= 4 is 5.78 Å². The smallest absolute Gasteiger partial charge is 0.416 e. The van der Waals surface area contributed by atoms with Gasteiger partial charge in [-0.05, 0) is 48.6 Å². The van der Waals surface area contributed by atoms with Crippen LogP contribution >= 0.6 is 0 Å². The SMILES string of the molecule is O=C1CC[C@@]2(OCc3cccc(C(F)(F)F)c3)[C@H]3Cc4ccc(O)c5c4[C@@]2(CC[N+]3([O-])CC2CC2)[C@H]1O5. The fraction of sp³-hybridized carbons (Fsp3) is 0.536. The molecule has 196 valence electrons. The molecule has 0 amide bonds. The second-order valence-electron chi connectivity index (χ2n) is 11.5. The lowest BCUT2D eigenvalue weighted by molar-refractivity contribution is -0.924. The Morgan fingerprint density at radius 2 is 2.00 bits per heavy atom. The number of likely N-dealkylation sites (tertiary alicyclic amines) is 1. The monoisotopic (exact) mass is 515 g/mol. The number of benzene rings is 2. The van der Waals surface area contributed by atoms with E-state index in [-0.39, 0.29) is 30.3 Å². The lowest BCUT2D eigenvalue weighted by atomic mass is 9.48. The number of alkyl halides is 3. The van der Waals surface area contributed by atoms with E-state index >= 15 is 0 Å². The number of hydroxylamine groups is 3. The number of ketones is 1. The third-order valence-electron chi connectivity index (χ3n) is 9.56. The Balaban J connectivity index is 1.37. The van der Waals surface area contributed by atoms with Gasteiger partial charge in [-0.1, -0.05) is 18.2 Å². The Morgan fingerprint density at radius 1 is 1.19 bits per heavy atom. The van der Waals surface area contributed by atoms with E-state index in [1.165, 1.54) is 6.07 Å². The Labute approximate surface area is 212 Å². The normalized spacial score (nSPS) is 35.7. The number of carbonyl (C=O) groups is 1. The van der Waals surface area contributed by atoms with Gasteiger partial charge in [-0.25, -0.2) is 0 Å². The zero-order chi connectivity index (χ0) is 25.8. The first-order valence-electron chi connectivity index (χ1n) is 13.0. The van der Waals surface area contributed by atoms with E-state index in [2.05, 4.69) is 0 Å². The van der Waals surface area contributed by atoms with Gasteiger partial charge in [0.1, 0.15) is 11.6 Å². The number of piperidine rings is 1. The van der Waals surface area contributed by atoms with Crippen LogP contribution < -0.4 is 4.74 Å². The van der Waals surface area contributed by atoms with Crippen molar-refractivity contribution in [2.45, 2.75) is 74.5 Å². The van der Waals surface area contributed by atoms with Gasteiger partial charge >= 0.3 is 6.18 Å². The number of phenolic OH excluding ortho intramolecular Hbond substituents is 1. The van der Waals surface area contributed by atoms with Gasteiger partial charge in [0, 0.05) is 30.7 Å². The summed E-state index contributed by atoms with van der Waals surface area (Å²) < 4.78 is 52.7. The van der Waals surface area contributed by atoms with Crippen LogP contribution in [0.1, 0.15) is 54.4 Å². The van der Waals surface area contributed by atoms with Gasteiger partial charge < -0.3 is 24.4 Å². The summed E-state index contributed by atoms with van der Waals surface area (Å²) in [6, 6.07) is 7.91. The molecule has 1 saturated heterocycles. The van der Waals surface area contributed by atoms with E-state index in [9.17, 15) is 28.3 Å². The molecule has 1 N–H and O–H groups in total. The molecule has 2 aromatic rings. The standard InChI is InChI=1S/C28H28F3NO5/c29-28(30,31)19-3-1-2-17(12-19)15-36-27-9-8-21(34)25-26(27)10-11-32(35,14-16-4-5-16)22(27)13-18-6-7-20(33)24(37-25)23(18)26/h1-3,6-7,12,16,22,25,33H,4-5,8-11,13-15H2/t22-,25+,26+,27-,32?/m1/s1. The third-order valence-corrected chi connectivity index (χ3v) is 9.56. The number of carbonyl (C=O) groups excluding carboxylic acids is 1. The zero-order valence-corrected chi connectivity index (χ0v) is 20.2. The molecule has 0 radical (unpaired) electrons. The molecule has 2 aliphatic heterocycles. The molecule has 5 aliphatic rings. The Morgan fingerprint density at radius 3 is 2.76 bits per heavy atom. The van der Waals surface area contributed by atoms with E-state index in [0.29, 0.717) is 43.8 Å². The highest BCUT2D eigenvalue weighted by atomic mass is 19.4. The number of halogens is 3. The zero-order valence-electron chi connectivity index (χ0n) is 20.2. The van der Waals surface area contributed by atoms with Crippen molar-refractivity contribution in [2.75, 3.05) is 13.1 Å². The number of aromatic hydroxyl groups is 1. The maximum absolute atomic E-state index is 14.6. The number of hydrogen-bond acceptors (Lipinski definition) is 5. The number of rotatable bonds is 5. The van der Waals surface area contributed by atoms with Crippen LogP contribution in [0.4, 0.5) is 13.2 Å². The molecule has 2 heterocycles. The quantitative estimate of drug-likeness (QED) is 0.458. The second-order valence-corrected chi connectivity index (χ2v) is 11.5. The summed E-state index contributed by atoms with van der Waals surface area (Å²) in [5, 5.41) is 25.3. The average molecular weight is 516 g/mol. The highest BCUT2D eigenvalue weighted by Gasteiger charge is 2.77. The summed E-state index contributed by atoms with van der Waals surface area (Å²) >= 11 is 0. The Hall–Kier alpha value is -2.62. The minimum atomic E-state index is -4.48. The van der Waals surface area contributed by atoms with Gasteiger partial charge in [-0.2, -0.15) is 13.2 Å². The molecular formula is C28H28F3NO5. The molecule has 6 nitrogen and oxygen atoms in total. The van der Waals surface area contributed by atoms with Gasteiger partial charge in [0.05, 0.1) is 30.7 Å². The molecule has 3 fully saturated rings. The number of hydrogen-bond donors (Lipinski definition) is 1. The van der Waals surface area contributed by atoms with Crippen molar-refractivity contribution in [1.29, 1.82) is 0 Å². The molecular weight excluding hydrogens is 487 g/mol. The predicted octanol–water partition coefficient (Wildman–Crippen LogP) is 4.78. The lowest BCUT2D eigenvalue weighted by Crippen LogP contribution is -2.81. The van der Waals surface area contributed by atoms with Gasteiger partial charge in [0.2, 0.25) is 0 Å². The van der Waals surface area contributed by atoms with Gasteiger partial charge in [-0.3, -0.25) is 4.79 Å². The average Bonchev–Trinajstić information content (AvgIpc) is 3.59. The van der Waals surface area contributed by atoms with Crippen LogP contribution in [0.2, 0.25) is 0 Å². The summed E-state index contributed by atoms with van der Waals surface area (Å²) in [4.78, 5) is 13.3. The first-order valence-corrected chi connectivity index (χ1v) is 13.0. The highest BCUT2D eigenvalue weighted by molar-refractivity contribution is 5.90. The summed E-state index contributed by atoms with van der Waals surface area (Å²) in [5.41, 5.74) is -0.800. The molecule has 2 bridgehead atoms. The van der Waals surface area contributed by atoms with Crippen molar-refractivity contribution in [3.05, 3.63) is 63.9 Å². The maximum atomic E-state index is 14.6. The number of nitrogens with zero attached hydrogens (tertiary/aromatic N) is 1. The van der Waals surface area contributed by atoms with Crippen LogP contribution in [0, 0.1) is 11.1 Å². The molecule has 37 heavy (non-hydrogen) atoms. The second kappa shape index (κ2) is 7.48. The molecule has 0 aromatic heterocycles. The Kier molecular flexibility index (Phi) is 4.75. The number of phenols is 1. The molecule has 5 atom stereocenters. The van der Waals surface area contributed by atoms with E-state index in [0.717, 1.165) is 36.1 Å². The number of quaternary nitrogens is 1. The topological polar surface area (TPSA) is 78.8 Å². The van der Waals surface area contributed by atoms with Crippen LogP contribution in [-0.4, -0.2) is 46.4 Å². The van der Waals surface area contributed by atoms with Crippen LogP contribution in [0.15, 0.2) is 36.4 Å². The van der Waals surface area contributed by atoms with E-state index in [4.69, 9.17) is 9.47 Å². The predicted molar refractivity (Wildman–Crippen MR) is 126 cm³/mol. The molecule has 1 unspecified atom stereocenters. The summed E-state index contributed by atoms with van der Waals surface area (Å²) in [6.07, 6.45) is -2.09. The number of Topliss-reactive ketones (excluding diaryl/α,β-unsaturated/α-hetero) is 1. The van der Waals surface area contributed by atoms with E-state index < -0.39 is 39.5 Å². The van der Waals surface area contributed by atoms with Crippen molar-refractivity contribution < 1.29 is 37.2 Å². The first-order chi connectivity index (χ1) is 17.6. The lowest BCUT2D eigenvalue weighted by Gasteiger charge is -2.68. The summed E-state index contributed by atoms with van der Waals surface area (Å²) in [7, 11) is 0. The summed E-state index contributed by atoms with van der Waals surface area (Å²) in [6.45, 7) is 0.683. The van der Waals surface area contributed by atoms with Crippen LogP contribution in [0.5, 0.6) is 11.5 Å². The first kappa shape index (κ1) is 23.5. The molecule has 2 saturated carbocycles. The van der Waals surface area contributed by atoms with Gasteiger partial charge in [0.25, 0.3) is 0 Å². The van der Waals surface area contributed by atoms with Crippen LogP contribution in [0.25, 0.3) is 0 Å². The van der Waals surface area contributed by atoms with Crippen molar-refractivity contribution in [1.82, 2.24) is 0 Å². The number of ether oxygens (including phenoxy) is 2. The van der Waals surface area contributed by atoms with Crippen LogP contribution in [-0.2, 0) is 34.2 Å². The van der Waals surface area contributed by atoms with Crippen molar-refractivity contribution in [2.24, 2.45) is 5.92 Å². The van der Waals surface area contributed by atoms with Crippen LogP contribution in [0.3, 0.4) is 0 Å². The Bertz CT molecular complexity index is 1310. The molecule has 2 aromatic carbocycles. The van der Waals surface area contributed by atoms with Gasteiger partial charge in [-0.15, -0.1) is 0 Å². The van der Waals surface area contributed by atoms with Gasteiger partial charge in [0.15, 0.2) is 23.4 Å². The highest BCUT2D eigenvalue weighted by Crippen LogP contribution is 2.67. The minimum Gasteiger partial charge on any atom is -0.632 e. The minimum absolute atomic E-state index is 0.0491. The van der Waals surface area contributed by atoms with Crippen molar-refractivity contribution in [3.63, 3.8) is 0 Å². The van der Waals surface area contributed by atoms with E-state index in [1.807, 2.05) is 6.07 Å². The molecule has 7 rings (SSSR count). The molecule has 1 spiro atoms. The van der Waals surface area contributed by atoms with E-state index in [1.54, 1.807) is 12.1 Å². The summed E-state index contributed by atoms with van der Waals surface area (Å²) in [5.74, 6) is 0.515. The molecule has 3 aliphatic carbocycles. The fourth-order valence-corrected chi connectivity index (χ4v) is 7.85. The molecule has 9 heteroatoms. The maximum Gasteiger partial charge on any atom is 0.416 e.